The maximum absolute atomic E-state index is 12.8. The van der Waals surface area contributed by atoms with Crippen molar-refractivity contribution in [1.29, 1.82) is 0 Å². The molecule has 18 heavy (non-hydrogen) atoms. The number of aromatic nitrogens is 1. The van der Waals surface area contributed by atoms with Crippen molar-refractivity contribution >= 4 is 11.6 Å². The van der Waals surface area contributed by atoms with E-state index in [0.29, 0.717) is 0 Å². The van der Waals surface area contributed by atoms with Crippen LogP contribution in [0.3, 0.4) is 0 Å². The first-order valence-electron chi connectivity index (χ1n) is 4.45. The number of rotatable bonds is 4. The van der Waals surface area contributed by atoms with Crippen LogP contribution in [0.25, 0.3) is 0 Å². The summed E-state index contributed by atoms with van der Waals surface area (Å²) in [7, 11) is 1.01. The normalized spacial score (nSPS) is 11.8. The van der Waals surface area contributed by atoms with E-state index in [1.165, 1.54) is 0 Å². The Bertz CT molecular complexity index is 424. The summed E-state index contributed by atoms with van der Waals surface area (Å²) in [6, 6.07) is 0. The van der Waals surface area contributed by atoms with Gasteiger partial charge in [0.2, 0.25) is 5.88 Å². The molecule has 0 aromatic carbocycles. The number of ether oxygens (including phenoxy) is 2. The Morgan fingerprint density at radius 2 is 2.00 bits per heavy atom. The lowest BCUT2D eigenvalue weighted by molar-refractivity contribution is -0.275. The van der Waals surface area contributed by atoms with Crippen molar-refractivity contribution in [3.05, 3.63) is 17.3 Å². The van der Waals surface area contributed by atoms with Gasteiger partial charge in [0.05, 0.1) is 13.0 Å². The minimum atomic E-state index is -5.11. The van der Waals surface area contributed by atoms with Gasteiger partial charge in [-0.15, -0.1) is 24.8 Å². The first kappa shape index (κ1) is 14.7. The number of methoxy groups -OCH3 is 1. The summed E-state index contributed by atoms with van der Waals surface area (Å²) in [6.07, 6.45) is -7.47. The van der Waals surface area contributed by atoms with Crippen molar-refractivity contribution < 1.29 is 31.4 Å². The second kappa shape index (κ2) is 5.55. The molecule has 1 aromatic heterocycles. The van der Waals surface area contributed by atoms with Gasteiger partial charge in [-0.25, -0.2) is 13.8 Å². The zero-order valence-electron chi connectivity index (χ0n) is 8.89. The third-order valence-corrected chi connectivity index (χ3v) is 2.17. The van der Waals surface area contributed by atoms with E-state index in [1.54, 1.807) is 0 Å². The molecule has 0 amide bonds. The van der Waals surface area contributed by atoms with Crippen LogP contribution < -0.4 is 9.47 Å². The molecule has 0 aliphatic heterocycles. The Hall–Kier alpha value is -1.31. The number of hydrogen-bond acceptors (Lipinski definition) is 3. The number of hydrogen-bond donors (Lipinski definition) is 0. The van der Waals surface area contributed by atoms with Crippen LogP contribution in [0.1, 0.15) is 17.6 Å². The molecule has 1 rings (SSSR count). The Morgan fingerprint density at radius 1 is 1.39 bits per heavy atom. The van der Waals surface area contributed by atoms with E-state index in [-0.39, 0.29) is 5.56 Å². The lowest BCUT2D eigenvalue weighted by Crippen LogP contribution is -2.20. The van der Waals surface area contributed by atoms with Gasteiger partial charge >= 0.3 is 6.36 Å². The molecule has 102 valence electrons. The highest BCUT2D eigenvalue weighted by atomic mass is 35.5. The van der Waals surface area contributed by atoms with Crippen LogP contribution in [0.15, 0.2) is 6.20 Å². The Balaban J connectivity index is 3.40. The molecule has 3 nitrogen and oxygen atoms in total. The number of alkyl halides is 6. The fourth-order valence-electron chi connectivity index (χ4n) is 1.22. The van der Waals surface area contributed by atoms with Crippen molar-refractivity contribution in [2.75, 3.05) is 7.11 Å². The largest absolute Gasteiger partial charge is 0.573 e. The Kier molecular flexibility index (Phi) is 4.55. The van der Waals surface area contributed by atoms with Crippen LogP contribution >= 0.6 is 11.6 Å². The second-order valence-corrected chi connectivity index (χ2v) is 3.28. The number of halogens is 6. The molecule has 1 aromatic rings. The van der Waals surface area contributed by atoms with Crippen LogP contribution in [0, 0.1) is 0 Å². The van der Waals surface area contributed by atoms with Gasteiger partial charge in [0.25, 0.3) is 6.43 Å². The number of nitrogens with zero attached hydrogens (tertiary/aromatic N) is 1. The standard InChI is InChI=1S/C9H7ClF5NO2/c1-17-8-5(7(11)12)6(18-9(13,14)15)4(2-10)3-16-8/h3,7H,2H2,1H3. The SMILES string of the molecule is COc1ncc(CCl)c(OC(F)(F)F)c1C(F)F. The highest BCUT2D eigenvalue weighted by Gasteiger charge is 2.36. The van der Waals surface area contributed by atoms with E-state index >= 15 is 0 Å². The first-order chi connectivity index (χ1) is 8.30. The molecule has 0 aliphatic carbocycles. The predicted molar refractivity (Wildman–Crippen MR) is 52.0 cm³/mol. The molecule has 0 radical (unpaired) electrons. The zero-order valence-corrected chi connectivity index (χ0v) is 9.65. The van der Waals surface area contributed by atoms with E-state index in [4.69, 9.17) is 11.6 Å². The number of pyridine rings is 1. The van der Waals surface area contributed by atoms with Crippen LogP contribution in [0.5, 0.6) is 11.6 Å². The Morgan fingerprint density at radius 3 is 2.39 bits per heavy atom. The lowest BCUT2D eigenvalue weighted by atomic mass is 10.2. The van der Waals surface area contributed by atoms with Gasteiger partial charge < -0.3 is 9.47 Å². The summed E-state index contributed by atoms with van der Waals surface area (Å²) in [5.41, 5.74) is -1.38. The predicted octanol–water partition coefficient (Wildman–Crippen LogP) is 3.67. The highest BCUT2D eigenvalue weighted by molar-refractivity contribution is 6.17. The third-order valence-electron chi connectivity index (χ3n) is 1.88. The smallest absolute Gasteiger partial charge is 0.481 e. The van der Waals surface area contributed by atoms with E-state index in [1.807, 2.05) is 0 Å². The maximum Gasteiger partial charge on any atom is 0.573 e. The van der Waals surface area contributed by atoms with Crippen LogP contribution in [-0.4, -0.2) is 18.5 Å². The molecule has 0 N–H and O–H groups in total. The zero-order chi connectivity index (χ0) is 13.9. The summed E-state index contributed by atoms with van der Waals surface area (Å²) < 4.78 is 70.1. The molecule has 0 saturated carbocycles. The van der Waals surface area contributed by atoms with Gasteiger partial charge in [0, 0.05) is 11.8 Å². The van der Waals surface area contributed by atoms with Crippen molar-refractivity contribution in [3.63, 3.8) is 0 Å². The highest BCUT2D eigenvalue weighted by Crippen LogP contribution is 2.40. The van der Waals surface area contributed by atoms with Crippen LogP contribution in [0.2, 0.25) is 0 Å². The van der Waals surface area contributed by atoms with Crippen molar-refractivity contribution in [2.24, 2.45) is 0 Å². The van der Waals surface area contributed by atoms with E-state index in [2.05, 4.69) is 14.5 Å². The average molecular weight is 292 g/mol. The fraction of sp³-hybridized carbons (Fsp3) is 0.444. The molecule has 0 saturated heterocycles. The molecule has 1 heterocycles. The van der Waals surface area contributed by atoms with Crippen molar-refractivity contribution in [2.45, 2.75) is 18.7 Å². The van der Waals surface area contributed by atoms with E-state index in [9.17, 15) is 22.0 Å². The summed E-state index contributed by atoms with van der Waals surface area (Å²) in [4.78, 5) is 3.45. The molecule has 0 unspecified atom stereocenters. The third kappa shape index (κ3) is 3.34. The van der Waals surface area contributed by atoms with Crippen LogP contribution in [-0.2, 0) is 5.88 Å². The average Bonchev–Trinajstić information content (AvgIpc) is 2.25. The van der Waals surface area contributed by atoms with Gasteiger partial charge in [-0.3, -0.25) is 0 Å². The van der Waals surface area contributed by atoms with Crippen LogP contribution in [0.4, 0.5) is 22.0 Å². The summed E-state index contributed by atoms with van der Waals surface area (Å²) in [6.45, 7) is 0. The van der Waals surface area contributed by atoms with Gasteiger partial charge in [-0.2, -0.15) is 0 Å². The van der Waals surface area contributed by atoms with Gasteiger partial charge in [0.1, 0.15) is 11.3 Å². The molecule has 9 heteroatoms. The topological polar surface area (TPSA) is 31.4 Å². The van der Waals surface area contributed by atoms with Gasteiger partial charge in [0.15, 0.2) is 0 Å². The molecule has 0 atom stereocenters. The first-order valence-corrected chi connectivity index (χ1v) is 4.99. The summed E-state index contributed by atoms with van der Waals surface area (Å²) in [5, 5.41) is 0. The molecular weight excluding hydrogens is 285 g/mol. The molecular formula is C9H7ClF5NO2. The fourth-order valence-corrected chi connectivity index (χ4v) is 1.41. The van der Waals surface area contributed by atoms with E-state index in [0.717, 1.165) is 13.3 Å². The van der Waals surface area contributed by atoms with Crippen molar-refractivity contribution in [1.82, 2.24) is 4.98 Å². The van der Waals surface area contributed by atoms with Gasteiger partial charge in [-0.05, 0) is 0 Å². The summed E-state index contributed by atoms with van der Waals surface area (Å²) >= 11 is 5.36. The Labute approximate surface area is 103 Å². The lowest BCUT2D eigenvalue weighted by Gasteiger charge is -2.17. The molecule has 0 fully saturated rings. The van der Waals surface area contributed by atoms with Gasteiger partial charge in [-0.1, -0.05) is 0 Å². The van der Waals surface area contributed by atoms with E-state index < -0.39 is 35.9 Å². The minimum Gasteiger partial charge on any atom is -0.481 e. The molecule has 0 spiro atoms. The maximum atomic E-state index is 12.8. The monoisotopic (exact) mass is 291 g/mol. The molecule has 0 aliphatic rings. The molecule has 0 bridgehead atoms. The quantitative estimate of drug-likeness (QED) is 0.626. The minimum absolute atomic E-state index is 0.301. The second-order valence-electron chi connectivity index (χ2n) is 3.02. The summed E-state index contributed by atoms with van der Waals surface area (Å²) in [5.74, 6) is -2.17. The van der Waals surface area contributed by atoms with Crippen molar-refractivity contribution in [3.8, 4) is 11.6 Å².